The summed E-state index contributed by atoms with van der Waals surface area (Å²) in [5.41, 5.74) is 5.95. The first-order valence-corrected chi connectivity index (χ1v) is 8.88. The summed E-state index contributed by atoms with van der Waals surface area (Å²) in [5.74, 6) is 1.05. The Labute approximate surface area is 159 Å². The van der Waals surface area contributed by atoms with Crippen molar-refractivity contribution in [1.82, 2.24) is 5.16 Å². The van der Waals surface area contributed by atoms with Gasteiger partial charge in [0.05, 0.1) is 5.56 Å². The van der Waals surface area contributed by atoms with Crippen LogP contribution in [0.15, 0.2) is 40.9 Å². The lowest BCUT2D eigenvalue weighted by Crippen LogP contribution is -2.15. The van der Waals surface area contributed by atoms with Crippen molar-refractivity contribution in [3.63, 3.8) is 0 Å². The zero-order chi connectivity index (χ0) is 19.6. The molecule has 0 spiro atoms. The Bertz CT molecular complexity index is 969. The van der Waals surface area contributed by atoms with Crippen LogP contribution < -0.4 is 10.1 Å². The van der Waals surface area contributed by atoms with E-state index in [0.717, 1.165) is 33.7 Å². The minimum Gasteiger partial charge on any atom is -0.488 e. The van der Waals surface area contributed by atoms with Crippen molar-refractivity contribution in [1.29, 1.82) is 0 Å². The third-order valence-corrected chi connectivity index (χ3v) is 4.39. The maximum absolute atomic E-state index is 12.7. The first kappa shape index (κ1) is 18.7. The first-order valence-electron chi connectivity index (χ1n) is 8.88. The van der Waals surface area contributed by atoms with Crippen LogP contribution in [-0.2, 0) is 6.61 Å². The standard InChI is InChI=1S/C22H24N2O3/c1-13-6-7-16(4)20(11-13)26-12-19-17(5)27-24-21(19)22(25)23-18-9-14(2)8-15(3)10-18/h6-11H,12H2,1-5H3,(H,23,25). The fraction of sp³-hybridized carbons (Fsp3) is 0.273. The van der Waals surface area contributed by atoms with Gasteiger partial charge in [-0.05, 0) is 75.1 Å². The van der Waals surface area contributed by atoms with Crippen LogP contribution >= 0.6 is 0 Å². The number of nitrogens with zero attached hydrogens (tertiary/aromatic N) is 1. The molecule has 0 bridgehead atoms. The van der Waals surface area contributed by atoms with Crippen molar-refractivity contribution in [2.45, 2.75) is 41.2 Å². The predicted octanol–water partition coefficient (Wildman–Crippen LogP) is 5.05. The second-order valence-electron chi connectivity index (χ2n) is 6.95. The van der Waals surface area contributed by atoms with Gasteiger partial charge in [0.15, 0.2) is 5.69 Å². The molecule has 27 heavy (non-hydrogen) atoms. The number of aromatic nitrogens is 1. The highest BCUT2D eigenvalue weighted by Crippen LogP contribution is 2.23. The van der Waals surface area contributed by atoms with Crippen molar-refractivity contribution >= 4 is 11.6 Å². The third kappa shape index (κ3) is 4.37. The molecular formula is C22H24N2O3. The molecule has 0 saturated heterocycles. The molecule has 3 aromatic rings. The van der Waals surface area contributed by atoms with Gasteiger partial charge >= 0.3 is 0 Å². The summed E-state index contributed by atoms with van der Waals surface area (Å²) in [7, 11) is 0. The summed E-state index contributed by atoms with van der Waals surface area (Å²) in [6.07, 6.45) is 0. The Hall–Kier alpha value is -3.08. The SMILES string of the molecule is Cc1cc(C)cc(NC(=O)c2noc(C)c2COc2cc(C)ccc2C)c1. The van der Waals surface area contributed by atoms with E-state index in [9.17, 15) is 4.79 Å². The summed E-state index contributed by atoms with van der Waals surface area (Å²) in [6, 6.07) is 11.9. The summed E-state index contributed by atoms with van der Waals surface area (Å²) in [5, 5.41) is 6.84. The van der Waals surface area contributed by atoms with E-state index in [2.05, 4.69) is 16.5 Å². The molecule has 1 amide bonds. The van der Waals surface area contributed by atoms with E-state index < -0.39 is 0 Å². The van der Waals surface area contributed by atoms with E-state index in [1.807, 2.05) is 58.0 Å². The van der Waals surface area contributed by atoms with E-state index in [-0.39, 0.29) is 18.2 Å². The molecule has 0 aliphatic rings. The Balaban J connectivity index is 1.79. The van der Waals surface area contributed by atoms with Crippen molar-refractivity contribution in [2.75, 3.05) is 5.32 Å². The maximum atomic E-state index is 12.7. The minimum absolute atomic E-state index is 0.217. The van der Waals surface area contributed by atoms with Crippen LogP contribution in [-0.4, -0.2) is 11.1 Å². The van der Waals surface area contributed by atoms with E-state index in [1.165, 1.54) is 0 Å². The summed E-state index contributed by atoms with van der Waals surface area (Å²) < 4.78 is 11.2. The van der Waals surface area contributed by atoms with Crippen molar-refractivity contribution < 1.29 is 14.1 Å². The van der Waals surface area contributed by atoms with Gasteiger partial charge in [0.25, 0.3) is 5.91 Å². The average Bonchev–Trinajstić information content (AvgIpc) is 2.95. The van der Waals surface area contributed by atoms with Gasteiger partial charge in [-0.2, -0.15) is 0 Å². The highest BCUT2D eigenvalue weighted by atomic mass is 16.5. The number of anilines is 1. The molecule has 5 nitrogen and oxygen atoms in total. The molecule has 1 aromatic heterocycles. The second kappa shape index (κ2) is 7.66. The lowest BCUT2D eigenvalue weighted by atomic mass is 10.1. The van der Waals surface area contributed by atoms with E-state index in [0.29, 0.717) is 11.3 Å². The van der Waals surface area contributed by atoms with Gasteiger partial charge in [-0.1, -0.05) is 23.4 Å². The third-order valence-electron chi connectivity index (χ3n) is 4.39. The maximum Gasteiger partial charge on any atom is 0.278 e. The number of carbonyl (C=O) groups excluding carboxylic acids is 1. The van der Waals surface area contributed by atoms with Gasteiger partial charge in [0.2, 0.25) is 0 Å². The molecule has 0 saturated carbocycles. The van der Waals surface area contributed by atoms with Crippen molar-refractivity contribution in [2.24, 2.45) is 0 Å². The van der Waals surface area contributed by atoms with E-state index >= 15 is 0 Å². The van der Waals surface area contributed by atoms with Crippen LogP contribution in [0, 0.1) is 34.6 Å². The van der Waals surface area contributed by atoms with Gasteiger partial charge in [-0.15, -0.1) is 0 Å². The average molecular weight is 364 g/mol. The molecule has 0 radical (unpaired) electrons. The van der Waals surface area contributed by atoms with Gasteiger partial charge < -0.3 is 14.6 Å². The molecule has 0 atom stereocenters. The number of rotatable bonds is 5. The largest absolute Gasteiger partial charge is 0.488 e. The lowest BCUT2D eigenvalue weighted by Gasteiger charge is -2.11. The lowest BCUT2D eigenvalue weighted by molar-refractivity contribution is 0.101. The molecule has 0 aliphatic heterocycles. The fourth-order valence-electron chi connectivity index (χ4n) is 2.99. The highest BCUT2D eigenvalue weighted by Gasteiger charge is 2.21. The monoisotopic (exact) mass is 364 g/mol. The molecule has 3 rings (SSSR count). The van der Waals surface area contributed by atoms with Crippen LogP contribution in [0.1, 0.15) is 44.1 Å². The molecule has 1 heterocycles. The highest BCUT2D eigenvalue weighted by molar-refractivity contribution is 6.04. The van der Waals surface area contributed by atoms with Gasteiger partial charge in [-0.3, -0.25) is 4.79 Å². The van der Waals surface area contributed by atoms with Gasteiger partial charge in [0, 0.05) is 5.69 Å². The number of aryl methyl sites for hydroxylation is 5. The molecule has 2 aromatic carbocycles. The number of hydrogen-bond acceptors (Lipinski definition) is 4. The fourth-order valence-corrected chi connectivity index (χ4v) is 2.99. The quantitative estimate of drug-likeness (QED) is 0.688. The number of benzene rings is 2. The van der Waals surface area contributed by atoms with Crippen LogP contribution in [0.2, 0.25) is 0 Å². The van der Waals surface area contributed by atoms with E-state index in [4.69, 9.17) is 9.26 Å². The molecule has 0 fully saturated rings. The van der Waals surface area contributed by atoms with Crippen LogP contribution in [0.25, 0.3) is 0 Å². The van der Waals surface area contributed by atoms with Crippen LogP contribution in [0.4, 0.5) is 5.69 Å². The normalized spacial score (nSPS) is 10.7. The van der Waals surface area contributed by atoms with E-state index in [1.54, 1.807) is 6.92 Å². The molecular weight excluding hydrogens is 340 g/mol. The molecule has 5 heteroatoms. The smallest absolute Gasteiger partial charge is 0.278 e. The summed E-state index contributed by atoms with van der Waals surface area (Å²) >= 11 is 0. The molecule has 0 unspecified atom stereocenters. The summed E-state index contributed by atoms with van der Waals surface area (Å²) in [6.45, 7) is 9.99. The Morgan fingerprint density at radius 1 is 1.00 bits per heavy atom. The molecule has 140 valence electrons. The van der Waals surface area contributed by atoms with Gasteiger partial charge in [0.1, 0.15) is 18.1 Å². The predicted molar refractivity (Wildman–Crippen MR) is 105 cm³/mol. The zero-order valence-electron chi connectivity index (χ0n) is 16.3. The number of ether oxygens (including phenoxy) is 1. The Morgan fingerprint density at radius 2 is 1.70 bits per heavy atom. The number of nitrogens with one attached hydrogen (secondary N) is 1. The zero-order valence-corrected chi connectivity index (χ0v) is 16.3. The molecule has 0 aliphatic carbocycles. The Kier molecular flexibility index (Phi) is 5.31. The Morgan fingerprint density at radius 3 is 2.41 bits per heavy atom. The number of hydrogen-bond donors (Lipinski definition) is 1. The minimum atomic E-state index is -0.309. The van der Waals surface area contributed by atoms with Crippen LogP contribution in [0.5, 0.6) is 5.75 Å². The second-order valence-corrected chi connectivity index (χ2v) is 6.95. The van der Waals surface area contributed by atoms with Gasteiger partial charge in [-0.25, -0.2) is 0 Å². The van der Waals surface area contributed by atoms with Crippen molar-refractivity contribution in [3.8, 4) is 5.75 Å². The van der Waals surface area contributed by atoms with Crippen molar-refractivity contribution in [3.05, 3.63) is 75.7 Å². The first-order chi connectivity index (χ1) is 12.8. The van der Waals surface area contributed by atoms with Crippen LogP contribution in [0.3, 0.4) is 0 Å². The molecule has 1 N–H and O–H groups in total. The number of carbonyl (C=O) groups is 1. The summed E-state index contributed by atoms with van der Waals surface area (Å²) in [4.78, 5) is 12.7. The topological polar surface area (TPSA) is 64.4 Å². The number of amides is 1.